The lowest BCUT2D eigenvalue weighted by molar-refractivity contribution is -0.163. The van der Waals surface area contributed by atoms with E-state index in [1.54, 1.807) is 12.1 Å². The molecule has 2 aliphatic rings. The van der Waals surface area contributed by atoms with E-state index in [9.17, 15) is 24.9 Å². The van der Waals surface area contributed by atoms with Crippen LogP contribution in [0.25, 0.3) is 0 Å². The molecule has 0 aliphatic heterocycles. The van der Waals surface area contributed by atoms with Crippen molar-refractivity contribution in [2.75, 3.05) is 0 Å². The molecule has 0 saturated carbocycles. The maximum absolute atomic E-state index is 13.2. The molecule has 0 radical (unpaired) electrons. The van der Waals surface area contributed by atoms with E-state index in [0.717, 1.165) is 10.0 Å². The first-order valence-electron chi connectivity index (χ1n) is 12.9. The number of halogens is 1. The quantitative estimate of drug-likeness (QED) is 0.272. The molecular formula is C28H37BrO8. The van der Waals surface area contributed by atoms with Crippen molar-refractivity contribution in [3.8, 4) is 5.75 Å². The number of para-hydroxylation sites is 1. The lowest BCUT2D eigenvalue weighted by Gasteiger charge is -2.43. The molecular weight excluding hydrogens is 544 g/mol. The van der Waals surface area contributed by atoms with Gasteiger partial charge in [0.2, 0.25) is 0 Å². The Morgan fingerprint density at radius 3 is 2.59 bits per heavy atom. The molecule has 0 saturated heterocycles. The molecule has 2 aliphatic carbocycles. The van der Waals surface area contributed by atoms with E-state index in [1.165, 1.54) is 0 Å². The molecule has 1 aromatic rings. The summed E-state index contributed by atoms with van der Waals surface area (Å²) < 4.78 is 12.7. The molecule has 9 heteroatoms. The van der Waals surface area contributed by atoms with E-state index in [1.807, 2.05) is 31.2 Å². The third-order valence-electron chi connectivity index (χ3n) is 7.17. The van der Waals surface area contributed by atoms with Crippen LogP contribution in [0.3, 0.4) is 0 Å². The Hall–Kier alpha value is -2.20. The minimum absolute atomic E-state index is 0.0156. The van der Waals surface area contributed by atoms with Crippen LogP contribution >= 0.6 is 15.9 Å². The topological polar surface area (TPSA) is 134 Å². The second-order valence-corrected chi connectivity index (χ2v) is 10.9. The molecule has 204 valence electrons. The van der Waals surface area contributed by atoms with Crippen LogP contribution in [0.4, 0.5) is 0 Å². The van der Waals surface area contributed by atoms with Gasteiger partial charge in [0.05, 0.1) is 29.2 Å². The molecule has 8 atom stereocenters. The lowest BCUT2D eigenvalue weighted by Crippen LogP contribution is -2.44. The SMILES string of the molecule is CCC(Oc1ccccc1Br)C(=O)O[C@H]1C[C@H](O)C=C2C=C[C@H](C)[C@H](CC[C@@H](O)C[C@@H](O)CC(=O)O)[C@H]21. The number of carbonyl (C=O) groups excluding carboxylic acids is 1. The van der Waals surface area contributed by atoms with Crippen LogP contribution in [0.15, 0.2) is 52.5 Å². The number of hydrogen-bond acceptors (Lipinski definition) is 7. The highest BCUT2D eigenvalue weighted by molar-refractivity contribution is 9.10. The van der Waals surface area contributed by atoms with E-state index >= 15 is 0 Å². The maximum Gasteiger partial charge on any atom is 0.347 e. The fourth-order valence-corrected chi connectivity index (χ4v) is 5.68. The average Bonchev–Trinajstić information content (AvgIpc) is 2.82. The first-order valence-corrected chi connectivity index (χ1v) is 13.7. The summed E-state index contributed by atoms with van der Waals surface area (Å²) in [6, 6.07) is 7.28. The van der Waals surface area contributed by atoms with Gasteiger partial charge in [-0.3, -0.25) is 4.79 Å². The smallest absolute Gasteiger partial charge is 0.347 e. The first kappa shape index (κ1) is 29.4. The summed E-state index contributed by atoms with van der Waals surface area (Å²) in [6.07, 6.45) is 2.95. The van der Waals surface area contributed by atoms with Crippen LogP contribution in [-0.2, 0) is 14.3 Å². The lowest BCUT2D eigenvalue weighted by atomic mass is 9.66. The molecule has 8 nitrogen and oxygen atoms in total. The second kappa shape index (κ2) is 13.6. The minimum Gasteiger partial charge on any atom is -0.481 e. The highest BCUT2D eigenvalue weighted by Crippen LogP contribution is 2.44. The van der Waals surface area contributed by atoms with Crippen LogP contribution in [0.1, 0.15) is 52.4 Å². The van der Waals surface area contributed by atoms with Crippen molar-refractivity contribution in [1.29, 1.82) is 0 Å². The third-order valence-corrected chi connectivity index (χ3v) is 7.82. The number of fused-ring (bicyclic) bond motifs is 1. The molecule has 37 heavy (non-hydrogen) atoms. The van der Waals surface area contributed by atoms with Crippen molar-refractivity contribution < 1.29 is 39.5 Å². The summed E-state index contributed by atoms with van der Waals surface area (Å²) in [6.45, 7) is 3.91. The van der Waals surface area contributed by atoms with Crippen LogP contribution in [0.2, 0.25) is 0 Å². The van der Waals surface area contributed by atoms with Gasteiger partial charge in [-0.2, -0.15) is 0 Å². The summed E-state index contributed by atoms with van der Waals surface area (Å²) in [5.74, 6) is -1.06. The number of carbonyl (C=O) groups is 2. The number of aliphatic hydroxyl groups is 3. The zero-order valence-electron chi connectivity index (χ0n) is 21.2. The number of benzene rings is 1. The van der Waals surface area contributed by atoms with Crippen molar-refractivity contribution in [1.82, 2.24) is 0 Å². The number of hydrogen-bond donors (Lipinski definition) is 4. The molecule has 0 amide bonds. The molecule has 1 aromatic carbocycles. The predicted molar refractivity (Wildman–Crippen MR) is 141 cm³/mol. The largest absolute Gasteiger partial charge is 0.481 e. The number of carboxylic acids is 1. The fourth-order valence-electron chi connectivity index (χ4n) is 5.31. The Kier molecular flexibility index (Phi) is 10.8. The van der Waals surface area contributed by atoms with E-state index in [0.29, 0.717) is 25.0 Å². The Labute approximate surface area is 226 Å². The van der Waals surface area contributed by atoms with Crippen LogP contribution in [0, 0.1) is 17.8 Å². The normalized spacial score (nSPS) is 27.4. The van der Waals surface area contributed by atoms with Gasteiger partial charge in [0.25, 0.3) is 0 Å². The maximum atomic E-state index is 13.2. The summed E-state index contributed by atoms with van der Waals surface area (Å²) in [5, 5.41) is 39.6. The molecule has 0 heterocycles. The van der Waals surface area contributed by atoms with Gasteiger partial charge in [-0.15, -0.1) is 0 Å². The van der Waals surface area contributed by atoms with Crippen molar-refractivity contribution in [3.63, 3.8) is 0 Å². The summed E-state index contributed by atoms with van der Waals surface area (Å²) >= 11 is 3.43. The van der Waals surface area contributed by atoms with Crippen molar-refractivity contribution >= 4 is 27.9 Å². The van der Waals surface area contributed by atoms with E-state index < -0.39 is 48.9 Å². The molecule has 0 bridgehead atoms. The zero-order chi connectivity index (χ0) is 27.1. The molecule has 1 unspecified atom stereocenters. The molecule has 4 N–H and O–H groups in total. The van der Waals surface area contributed by atoms with Gasteiger partial charge in [-0.1, -0.05) is 44.2 Å². The minimum atomic E-state index is -1.11. The average molecular weight is 582 g/mol. The number of aliphatic carboxylic acids is 1. The van der Waals surface area contributed by atoms with Gasteiger partial charge in [-0.25, -0.2) is 4.79 Å². The van der Waals surface area contributed by atoms with E-state index in [-0.39, 0.29) is 30.6 Å². The highest BCUT2D eigenvalue weighted by Gasteiger charge is 2.42. The van der Waals surface area contributed by atoms with Gasteiger partial charge in [0.15, 0.2) is 6.10 Å². The number of allylic oxidation sites excluding steroid dienone is 2. The van der Waals surface area contributed by atoms with Gasteiger partial charge in [0, 0.05) is 12.3 Å². The Bertz CT molecular complexity index is 992. The number of ether oxygens (including phenoxy) is 2. The molecule has 3 rings (SSSR count). The molecule has 0 aromatic heterocycles. The van der Waals surface area contributed by atoms with Gasteiger partial charge in [0.1, 0.15) is 11.9 Å². The van der Waals surface area contributed by atoms with Crippen LogP contribution in [0.5, 0.6) is 5.75 Å². The second-order valence-electron chi connectivity index (χ2n) is 10.0. The summed E-state index contributed by atoms with van der Waals surface area (Å²) in [5.41, 5.74) is 0.903. The van der Waals surface area contributed by atoms with Crippen molar-refractivity contribution in [2.24, 2.45) is 17.8 Å². The summed E-state index contributed by atoms with van der Waals surface area (Å²) in [7, 11) is 0. The third kappa shape index (κ3) is 8.14. The van der Waals surface area contributed by atoms with Gasteiger partial charge >= 0.3 is 11.9 Å². The first-order chi connectivity index (χ1) is 17.6. The van der Waals surface area contributed by atoms with Crippen LogP contribution < -0.4 is 4.74 Å². The summed E-state index contributed by atoms with van der Waals surface area (Å²) in [4.78, 5) is 24.0. The van der Waals surface area contributed by atoms with Crippen molar-refractivity contribution in [3.05, 3.63) is 52.5 Å². The highest BCUT2D eigenvalue weighted by atomic mass is 79.9. The Morgan fingerprint density at radius 2 is 1.92 bits per heavy atom. The van der Waals surface area contributed by atoms with Crippen molar-refractivity contribution in [2.45, 2.75) is 82.9 Å². The van der Waals surface area contributed by atoms with E-state index in [4.69, 9.17) is 14.6 Å². The molecule has 0 spiro atoms. The van der Waals surface area contributed by atoms with Gasteiger partial charge in [-0.05, 0) is 71.2 Å². The number of esters is 1. The van der Waals surface area contributed by atoms with Gasteiger partial charge < -0.3 is 29.9 Å². The zero-order valence-corrected chi connectivity index (χ0v) is 22.8. The number of aliphatic hydroxyl groups excluding tert-OH is 3. The molecule has 0 fully saturated rings. The fraction of sp³-hybridized carbons (Fsp3) is 0.571. The van der Waals surface area contributed by atoms with Crippen LogP contribution in [-0.4, -0.2) is 62.9 Å². The predicted octanol–water partition coefficient (Wildman–Crippen LogP) is 4.01. The monoisotopic (exact) mass is 580 g/mol. The standard InChI is InChI=1S/C28H37BrO8/c1-3-23(36-24-7-5-4-6-22(24)29)28(35)37-25-14-19(31)12-17-9-8-16(2)21(27(17)25)11-10-18(30)13-20(32)15-26(33)34/h4-9,12,16,18-21,23,25,27,30-32H,3,10-11,13-15H2,1-2H3,(H,33,34)/t16-,18+,19+,20+,21-,23?,25-,27-/m0/s1. The number of rotatable bonds is 12. The Balaban J connectivity index is 1.71. The Morgan fingerprint density at radius 1 is 1.19 bits per heavy atom. The van der Waals surface area contributed by atoms with E-state index in [2.05, 4.69) is 28.9 Å². The number of carboxylic acid groups (broad SMARTS) is 1.